The molecule has 2 aromatic rings. The van der Waals surface area contributed by atoms with Crippen molar-refractivity contribution in [1.29, 1.82) is 0 Å². The lowest BCUT2D eigenvalue weighted by atomic mass is 10.2. The van der Waals surface area contributed by atoms with Crippen LogP contribution >= 0.6 is 23.2 Å². The molecule has 0 aliphatic heterocycles. The first kappa shape index (κ1) is 17.3. The number of carbonyl (C=O) groups excluding carboxylic acids is 2. The Morgan fingerprint density at radius 2 is 1.48 bits per heavy atom. The molecule has 0 saturated heterocycles. The predicted octanol–water partition coefficient (Wildman–Crippen LogP) is 3.54. The molecule has 0 aliphatic rings. The van der Waals surface area contributed by atoms with Gasteiger partial charge >= 0.3 is 0 Å². The second-order valence-electron chi connectivity index (χ2n) is 5.11. The van der Waals surface area contributed by atoms with Crippen LogP contribution in [0.3, 0.4) is 0 Å². The molecule has 6 heteroatoms. The van der Waals surface area contributed by atoms with E-state index in [0.717, 1.165) is 0 Å². The van der Waals surface area contributed by atoms with Crippen LogP contribution in [0.15, 0.2) is 48.5 Å². The van der Waals surface area contributed by atoms with E-state index in [4.69, 9.17) is 23.2 Å². The molecule has 2 aromatic carbocycles. The fraction of sp³-hybridized carbons (Fsp3) is 0.176. The molecule has 0 fully saturated rings. The molecule has 0 unspecified atom stereocenters. The van der Waals surface area contributed by atoms with Gasteiger partial charge in [0.05, 0.1) is 0 Å². The Balaban J connectivity index is 1.86. The van der Waals surface area contributed by atoms with E-state index in [1.54, 1.807) is 55.5 Å². The fourth-order valence-electron chi connectivity index (χ4n) is 1.97. The molecule has 23 heavy (non-hydrogen) atoms. The normalized spacial score (nSPS) is 11.6. The van der Waals surface area contributed by atoms with Gasteiger partial charge < -0.3 is 10.6 Å². The average Bonchev–Trinajstić information content (AvgIpc) is 2.52. The first-order valence-electron chi connectivity index (χ1n) is 7.06. The molecule has 2 rings (SSSR count). The second-order valence-corrected chi connectivity index (χ2v) is 5.98. The van der Waals surface area contributed by atoms with Crippen LogP contribution in [0.1, 0.15) is 27.6 Å². The minimum atomic E-state index is -0.239. The Bertz CT molecular complexity index is 719. The van der Waals surface area contributed by atoms with E-state index in [-0.39, 0.29) is 17.9 Å². The third kappa shape index (κ3) is 5.27. The van der Waals surface area contributed by atoms with Crippen LogP contribution in [-0.4, -0.2) is 24.4 Å². The van der Waals surface area contributed by atoms with E-state index in [0.29, 0.717) is 27.7 Å². The first-order valence-corrected chi connectivity index (χ1v) is 7.81. The number of rotatable bonds is 5. The molecule has 0 radical (unpaired) electrons. The molecule has 120 valence electrons. The van der Waals surface area contributed by atoms with Gasteiger partial charge in [-0.05, 0) is 43.3 Å². The van der Waals surface area contributed by atoms with Gasteiger partial charge in [-0.25, -0.2) is 0 Å². The maximum Gasteiger partial charge on any atom is 0.251 e. The van der Waals surface area contributed by atoms with Crippen molar-refractivity contribution in [3.63, 3.8) is 0 Å². The smallest absolute Gasteiger partial charge is 0.251 e. The van der Waals surface area contributed by atoms with E-state index >= 15 is 0 Å². The lowest BCUT2D eigenvalue weighted by molar-refractivity contribution is 0.0912. The van der Waals surface area contributed by atoms with Crippen molar-refractivity contribution >= 4 is 35.0 Å². The van der Waals surface area contributed by atoms with E-state index in [1.807, 2.05) is 0 Å². The third-order valence-electron chi connectivity index (χ3n) is 3.12. The lowest BCUT2D eigenvalue weighted by Crippen LogP contribution is -2.41. The number of benzene rings is 2. The number of amides is 2. The molecular weight excluding hydrogens is 335 g/mol. The van der Waals surface area contributed by atoms with Crippen molar-refractivity contribution in [1.82, 2.24) is 10.6 Å². The zero-order valence-electron chi connectivity index (χ0n) is 12.5. The van der Waals surface area contributed by atoms with Crippen molar-refractivity contribution < 1.29 is 9.59 Å². The summed E-state index contributed by atoms with van der Waals surface area (Å²) in [5.74, 6) is -0.478. The van der Waals surface area contributed by atoms with E-state index in [9.17, 15) is 9.59 Å². The Kier molecular flexibility index (Phi) is 6.02. The van der Waals surface area contributed by atoms with E-state index in [2.05, 4.69) is 10.6 Å². The highest BCUT2D eigenvalue weighted by atomic mass is 35.5. The molecule has 1 atom stereocenters. The molecule has 0 aliphatic carbocycles. The molecular formula is C17H16Cl2N2O2. The summed E-state index contributed by atoms with van der Waals surface area (Å²) in [5.41, 5.74) is 0.955. The monoisotopic (exact) mass is 350 g/mol. The van der Waals surface area contributed by atoms with Gasteiger partial charge in [0.15, 0.2) is 0 Å². The summed E-state index contributed by atoms with van der Waals surface area (Å²) in [6.45, 7) is 2.11. The zero-order chi connectivity index (χ0) is 16.8. The Morgan fingerprint density at radius 3 is 2.00 bits per heavy atom. The van der Waals surface area contributed by atoms with Gasteiger partial charge in [0, 0.05) is 33.8 Å². The molecule has 0 heterocycles. The predicted molar refractivity (Wildman–Crippen MR) is 92.2 cm³/mol. The molecule has 0 aromatic heterocycles. The van der Waals surface area contributed by atoms with Gasteiger partial charge in [0.25, 0.3) is 11.8 Å². The van der Waals surface area contributed by atoms with Crippen molar-refractivity contribution in [2.75, 3.05) is 6.54 Å². The highest BCUT2D eigenvalue weighted by Crippen LogP contribution is 2.11. The largest absolute Gasteiger partial charge is 0.350 e. The molecule has 4 nitrogen and oxygen atoms in total. The minimum Gasteiger partial charge on any atom is -0.350 e. The number of halogens is 2. The second kappa shape index (κ2) is 7.99. The topological polar surface area (TPSA) is 58.2 Å². The van der Waals surface area contributed by atoms with Crippen LogP contribution in [0.4, 0.5) is 0 Å². The number of hydrogen-bond acceptors (Lipinski definition) is 2. The van der Waals surface area contributed by atoms with Crippen molar-refractivity contribution in [2.45, 2.75) is 13.0 Å². The van der Waals surface area contributed by atoms with Crippen LogP contribution in [0.5, 0.6) is 0 Å². The third-order valence-corrected chi connectivity index (χ3v) is 3.59. The minimum absolute atomic E-state index is 0.232. The summed E-state index contributed by atoms with van der Waals surface area (Å²) in [6, 6.07) is 13.1. The van der Waals surface area contributed by atoms with E-state index < -0.39 is 0 Å². The van der Waals surface area contributed by atoms with Crippen LogP contribution in [0.25, 0.3) is 0 Å². The van der Waals surface area contributed by atoms with E-state index in [1.165, 1.54) is 0 Å². The molecule has 2 N–H and O–H groups in total. The van der Waals surface area contributed by atoms with Crippen LogP contribution < -0.4 is 10.6 Å². The molecule has 0 saturated carbocycles. The van der Waals surface area contributed by atoms with Gasteiger partial charge in [0.2, 0.25) is 0 Å². The number of hydrogen-bond donors (Lipinski definition) is 2. The highest BCUT2D eigenvalue weighted by Gasteiger charge is 2.12. The number of nitrogens with one attached hydrogen (secondary N) is 2. The summed E-state index contributed by atoms with van der Waals surface area (Å²) in [7, 11) is 0. The van der Waals surface area contributed by atoms with Crippen molar-refractivity contribution in [2.24, 2.45) is 0 Å². The highest BCUT2D eigenvalue weighted by molar-refractivity contribution is 6.31. The standard InChI is InChI=1S/C17H16Cl2N2O2/c1-11(21-17(23)13-5-3-7-15(19)9-13)10-20-16(22)12-4-2-6-14(18)8-12/h2-9,11H,10H2,1H3,(H,20,22)(H,21,23)/t11-/m0/s1. The fourth-order valence-corrected chi connectivity index (χ4v) is 2.35. The maximum absolute atomic E-state index is 12.1. The molecule has 2 amide bonds. The average molecular weight is 351 g/mol. The lowest BCUT2D eigenvalue weighted by Gasteiger charge is -2.15. The number of carbonyl (C=O) groups is 2. The van der Waals surface area contributed by atoms with Gasteiger partial charge in [-0.3, -0.25) is 9.59 Å². The van der Waals surface area contributed by atoms with Crippen LogP contribution in [0, 0.1) is 0 Å². The van der Waals surface area contributed by atoms with Crippen molar-refractivity contribution in [3.05, 3.63) is 69.7 Å². The summed E-state index contributed by atoms with van der Waals surface area (Å²) < 4.78 is 0. The van der Waals surface area contributed by atoms with Gasteiger partial charge in [-0.15, -0.1) is 0 Å². The summed E-state index contributed by atoms with van der Waals surface area (Å²) in [5, 5.41) is 6.56. The zero-order valence-corrected chi connectivity index (χ0v) is 14.0. The molecule has 0 spiro atoms. The Morgan fingerprint density at radius 1 is 0.957 bits per heavy atom. The van der Waals surface area contributed by atoms with Crippen molar-refractivity contribution in [3.8, 4) is 0 Å². The molecule has 0 bridgehead atoms. The summed E-state index contributed by atoms with van der Waals surface area (Å²) >= 11 is 11.7. The summed E-state index contributed by atoms with van der Waals surface area (Å²) in [6.07, 6.45) is 0. The first-order chi connectivity index (χ1) is 11.0. The van der Waals surface area contributed by atoms with Crippen LogP contribution in [-0.2, 0) is 0 Å². The van der Waals surface area contributed by atoms with Gasteiger partial charge in [-0.2, -0.15) is 0 Å². The SMILES string of the molecule is C[C@@H](CNC(=O)c1cccc(Cl)c1)NC(=O)c1cccc(Cl)c1. The Labute approximate surface area is 144 Å². The van der Waals surface area contributed by atoms with Gasteiger partial charge in [0.1, 0.15) is 0 Å². The van der Waals surface area contributed by atoms with Gasteiger partial charge in [-0.1, -0.05) is 35.3 Å². The summed E-state index contributed by atoms with van der Waals surface area (Å²) in [4.78, 5) is 24.1. The Hall–Kier alpha value is -2.04. The quantitative estimate of drug-likeness (QED) is 0.866. The van der Waals surface area contributed by atoms with Crippen LogP contribution in [0.2, 0.25) is 10.0 Å². The maximum atomic E-state index is 12.1.